The zero-order valence-corrected chi connectivity index (χ0v) is 19.9. The van der Waals surface area contributed by atoms with Gasteiger partial charge in [-0.05, 0) is 92.7 Å². The van der Waals surface area contributed by atoms with E-state index in [2.05, 4.69) is 36.9 Å². The highest BCUT2D eigenvalue weighted by Crippen LogP contribution is 2.42. The smallest absolute Gasteiger partial charge is 0.416 e. The lowest BCUT2D eigenvalue weighted by Crippen LogP contribution is -2.06. The first-order valence-corrected chi connectivity index (χ1v) is 10.7. The summed E-state index contributed by atoms with van der Waals surface area (Å²) in [5, 5.41) is 11.3. The number of hydrogen-bond donors (Lipinski definition) is 0. The summed E-state index contributed by atoms with van der Waals surface area (Å²) in [6.45, 7) is 3.92. The zero-order chi connectivity index (χ0) is 23.6. The molecule has 0 radical (unpaired) electrons. The minimum absolute atomic E-state index is 0.178. The van der Waals surface area contributed by atoms with E-state index in [-0.39, 0.29) is 11.5 Å². The number of nitro benzene ring substituents is 1. The molecule has 0 atom stereocenters. The summed E-state index contributed by atoms with van der Waals surface area (Å²) >= 11 is 6.70. The van der Waals surface area contributed by atoms with Crippen molar-refractivity contribution in [2.45, 2.75) is 20.0 Å². The molecule has 0 unspecified atom stereocenters. The Bertz CT molecular complexity index is 1200. The van der Waals surface area contributed by atoms with E-state index < -0.39 is 22.4 Å². The molecule has 0 bridgehead atoms. The van der Waals surface area contributed by atoms with Gasteiger partial charge in [-0.3, -0.25) is 15.1 Å². The number of nitro groups is 1. The number of ether oxygens (including phenoxy) is 1. The van der Waals surface area contributed by atoms with Crippen molar-refractivity contribution in [3.63, 3.8) is 0 Å². The maximum absolute atomic E-state index is 12.9. The van der Waals surface area contributed by atoms with Crippen molar-refractivity contribution in [2.24, 2.45) is 4.99 Å². The molecule has 0 heterocycles. The first kappa shape index (κ1) is 23.9. The fraction of sp³-hybridized carbons (Fsp3) is 0.136. The molecule has 3 aromatic carbocycles. The fourth-order valence-electron chi connectivity index (χ4n) is 2.79. The Morgan fingerprint density at radius 3 is 2.28 bits per heavy atom. The Morgan fingerprint density at radius 2 is 1.69 bits per heavy atom. The average molecular weight is 572 g/mol. The second-order valence-electron chi connectivity index (χ2n) is 6.90. The summed E-state index contributed by atoms with van der Waals surface area (Å²) in [5.41, 5.74) is 1.69. The molecular weight excluding hydrogens is 557 g/mol. The Hall–Kier alpha value is -2.72. The van der Waals surface area contributed by atoms with Gasteiger partial charge in [0, 0.05) is 12.3 Å². The largest absolute Gasteiger partial charge is 0.448 e. The summed E-state index contributed by atoms with van der Waals surface area (Å²) < 4.78 is 45.2. The van der Waals surface area contributed by atoms with Crippen LogP contribution >= 0.6 is 31.9 Å². The lowest BCUT2D eigenvalue weighted by molar-refractivity contribution is -0.385. The van der Waals surface area contributed by atoms with E-state index in [9.17, 15) is 23.3 Å². The van der Waals surface area contributed by atoms with Crippen LogP contribution in [0, 0.1) is 24.0 Å². The quantitative estimate of drug-likeness (QED) is 0.176. The van der Waals surface area contributed by atoms with Crippen LogP contribution in [0.25, 0.3) is 0 Å². The first-order valence-electron chi connectivity index (χ1n) is 9.09. The maximum Gasteiger partial charge on any atom is 0.416 e. The molecule has 3 rings (SSSR count). The minimum Gasteiger partial charge on any atom is -0.448 e. The predicted molar refractivity (Wildman–Crippen MR) is 123 cm³/mol. The molecular formula is C22H15Br2F3N2O3. The Balaban J connectivity index is 1.93. The Morgan fingerprint density at radius 1 is 1.03 bits per heavy atom. The van der Waals surface area contributed by atoms with Gasteiger partial charge in [-0.15, -0.1) is 0 Å². The van der Waals surface area contributed by atoms with Gasteiger partial charge in [-0.25, -0.2) is 0 Å². The van der Waals surface area contributed by atoms with E-state index in [1.54, 1.807) is 18.3 Å². The van der Waals surface area contributed by atoms with Crippen LogP contribution in [0.1, 0.15) is 22.3 Å². The number of aliphatic imine (C=N–C) groups is 1. The van der Waals surface area contributed by atoms with Crippen molar-refractivity contribution in [1.82, 2.24) is 0 Å². The molecule has 166 valence electrons. The topological polar surface area (TPSA) is 64.7 Å². The van der Waals surface area contributed by atoms with Gasteiger partial charge in [-0.2, -0.15) is 13.2 Å². The van der Waals surface area contributed by atoms with Gasteiger partial charge in [0.25, 0.3) is 0 Å². The van der Waals surface area contributed by atoms with Gasteiger partial charge >= 0.3 is 11.9 Å². The van der Waals surface area contributed by atoms with Gasteiger partial charge in [0.2, 0.25) is 5.75 Å². The number of halogens is 5. The van der Waals surface area contributed by atoms with Gasteiger partial charge in [0.1, 0.15) is 0 Å². The molecule has 0 amide bonds. The standard InChI is InChI=1S/C22H15Br2F3N2O3/c1-12-3-4-13(2)18(7-12)28-11-14-8-16(23)21(17(24)9-14)32-20-6-5-15(22(25,26)27)10-19(20)29(30)31/h3-11H,1-2H3. The predicted octanol–water partition coefficient (Wildman–Crippen LogP) is 8.30. The number of hydrogen-bond acceptors (Lipinski definition) is 4. The summed E-state index contributed by atoms with van der Waals surface area (Å²) in [6, 6.07) is 11.4. The Labute approximate surface area is 198 Å². The monoisotopic (exact) mass is 570 g/mol. The molecule has 0 aliphatic heterocycles. The molecule has 0 saturated carbocycles. The first-order chi connectivity index (χ1) is 15.0. The van der Waals surface area contributed by atoms with Gasteiger partial charge in [0.15, 0.2) is 5.75 Å². The fourth-order valence-corrected chi connectivity index (χ4v) is 4.17. The van der Waals surface area contributed by atoms with Crippen molar-refractivity contribution in [3.05, 3.63) is 89.8 Å². The van der Waals surface area contributed by atoms with Crippen molar-refractivity contribution in [1.29, 1.82) is 0 Å². The third-order valence-corrected chi connectivity index (χ3v) is 5.61. The van der Waals surface area contributed by atoms with Crippen LogP contribution in [-0.2, 0) is 6.18 Å². The van der Waals surface area contributed by atoms with Gasteiger partial charge < -0.3 is 4.74 Å². The molecule has 0 spiro atoms. The normalized spacial score (nSPS) is 11.7. The van der Waals surface area contributed by atoms with Crippen LogP contribution in [0.15, 0.2) is 62.5 Å². The third-order valence-electron chi connectivity index (χ3n) is 4.43. The van der Waals surface area contributed by atoms with Crippen molar-refractivity contribution in [3.8, 4) is 11.5 Å². The van der Waals surface area contributed by atoms with Crippen molar-refractivity contribution < 1.29 is 22.8 Å². The van der Waals surface area contributed by atoms with Crippen LogP contribution in [-0.4, -0.2) is 11.1 Å². The number of nitrogens with zero attached hydrogens (tertiary/aromatic N) is 2. The molecule has 0 fully saturated rings. The molecule has 3 aromatic rings. The van der Waals surface area contributed by atoms with Crippen molar-refractivity contribution >= 4 is 49.4 Å². The van der Waals surface area contributed by atoms with E-state index in [1.807, 2.05) is 32.0 Å². The van der Waals surface area contributed by atoms with E-state index in [1.165, 1.54) is 0 Å². The number of rotatable bonds is 5. The summed E-state index contributed by atoms with van der Waals surface area (Å²) in [7, 11) is 0. The molecule has 10 heteroatoms. The summed E-state index contributed by atoms with van der Waals surface area (Å²) in [4.78, 5) is 14.9. The number of aryl methyl sites for hydroxylation is 2. The SMILES string of the molecule is Cc1ccc(C)c(N=Cc2cc(Br)c(Oc3ccc(C(F)(F)F)cc3[N+](=O)[O-])c(Br)c2)c1. The molecule has 32 heavy (non-hydrogen) atoms. The van der Waals surface area contributed by atoms with E-state index in [0.29, 0.717) is 20.6 Å². The highest BCUT2D eigenvalue weighted by Gasteiger charge is 2.33. The van der Waals surface area contributed by atoms with Crippen LogP contribution in [0.4, 0.5) is 24.5 Å². The maximum atomic E-state index is 12.9. The van der Waals surface area contributed by atoms with E-state index in [0.717, 1.165) is 28.9 Å². The Kier molecular flexibility index (Phi) is 7.04. The zero-order valence-electron chi connectivity index (χ0n) is 16.7. The summed E-state index contributed by atoms with van der Waals surface area (Å²) in [6.07, 6.45) is -3.05. The van der Waals surface area contributed by atoms with Crippen LogP contribution < -0.4 is 4.74 Å². The van der Waals surface area contributed by atoms with Crippen molar-refractivity contribution in [2.75, 3.05) is 0 Å². The summed E-state index contributed by atoms with van der Waals surface area (Å²) in [5.74, 6) is -0.141. The second kappa shape index (κ2) is 9.41. The molecule has 0 aromatic heterocycles. The second-order valence-corrected chi connectivity index (χ2v) is 8.61. The highest BCUT2D eigenvalue weighted by atomic mass is 79.9. The number of benzene rings is 3. The third kappa shape index (κ3) is 5.55. The van der Waals surface area contributed by atoms with Gasteiger partial charge in [0.05, 0.1) is 25.1 Å². The number of alkyl halides is 3. The lowest BCUT2D eigenvalue weighted by Gasteiger charge is -2.13. The lowest BCUT2D eigenvalue weighted by atomic mass is 10.1. The van der Waals surface area contributed by atoms with Gasteiger partial charge in [-0.1, -0.05) is 12.1 Å². The van der Waals surface area contributed by atoms with E-state index >= 15 is 0 Å². The minimum atomic E-state index is -4.71. The molecule has 0 saturated heterocycles. The molecule has 0 aliphatic rings. The molecule has 5 nitrogen and oxygen atoms in total. The van der Waals surface area contributed by atoms with Crippen LogP contribution in [0.3, 0.4) is 0 Å². The van der Waals surface area contributed by atoms with E-state index in [4.69, 9.17) is 4.74 Å². The average Bonchev–Trinajstić information content (AvgIpc) is 2.70. The van der Waals surface area contributed by atoms with Crippen LogP contribution in [0.5, 0.6) is 11.5 Å². The highest BCUT2D eigenvalue weighted by molar-refractivity contribution is 9.11. The molecule has 0 N–H and O–H groups in total. The molecule has 0 aliphatic carbocycles. The van der Waals surface area contributed by atoms with Crippen LogP contribution in [0.2, 0.25) is 0 Å².